The fourth-order valence-electron chi connectivity index (χ4n) is 3.35. The molecule has 2 aliphatic rings. The van der Waals surface area contributed by atoms with Crippen LogP contribution < -0.4 is 15.5 Å². The molecular weight excluding hydrogens is 322 g/mol. The minimum atomic E-state index is 0.248. The minimum Gasteiger partial charge on any atom is -0.350 e. The summed E-state index contributed by atoms with van der Waals surface area (Å²) in [5.74, 6) is 1.22. The van der Waals surface area contributed by atoms with Crippen LogP contribution in [0.4, 0.5) is 11.4 Å². The molecule has 2 aromatic carbocycles. The van der Waals surface area contributed by atoms with Crippen molar-refractivity contribution in [3.05, 3.63) is 71.1 Å². The summed E-state index contributed by atoms with van der Waals surface area (Å²) in [5, 5.41) is 12.8. The van der Waals surface area contributed by atoms with Gasteiger partial charge in [-0.3, -0.25) is 0 Å². The average Bonchev–Trinajstić information content (AvgIpc) is 2.89. The first-order valence-corrected chi connectivity index (χ1v) is 8.14. The highest BCUT2D eigenvalue weighted by molar-refractivity contribution is 6.51. The normalized spacial score (nSPS) is 21.5. The molecule has 0 saturated heterocycles. The zero-order valence-corrected chi connectivity index (χ0v) is 13.7. The summed E-state index contributed by atoms with van der Waals surface area (Å²) in [4.78, 5) is 4.74. The van der Waals surface area contributed by atoms with E-state index in [0.29, 0.717) is 29.7 Å². The standard InChI is InChI=1S/C18H17ClN5/c19-13-7-5-12(6-8-13)17-18(21)24(10-9-20)15-4-2-1-3-14(15)22-11-16(24)23-17/h1-8,11,21-22H,9-10,20H2/q+1. The molecule has 5 nitrogen and oxygen atoms in total. The Hall–Kier alpha value is -2.47. The summed E-state index contributed by atoms with van der Waals surface area (Å²) in [7, 11) is 0. The van der Waals surface area contributed by atoms with E-state index in [4.69, 9.17) is 27.7 Å². The van der Waals surface area contributed by atoms with Gasteiger partial charge in [-0.2, -0.15) is 9.48 Å². The Morgan fingerprint density at radius 1 is 1.12 bits per heavy atom. The Morgan fingerprint density at radius 3 is 2.62 bits per heavy atom. The number of hydrogen-bond donors (Lipinski definition) is 3. The zero-order valence-electron chi connectivity index (χ0n) is 13.0. The smallest absolute Gasteiger partial charge is 0.259 e. The molecule has 24 heavy (non-hydrogen) atoms. The van der Waals surface area contributed by atoms with Crippen LogP contribution in [0.1, 0.15) is 5.56 Å². The van der Waals surface area contributed by atoms with Gasteiger partial charge in [0.15, 0.2) is 11.4 Å². The summed E-state index contributed by atoms with van der Waals surface area (Å²) in [6, 6.07) is 15.4. The molecule has 0 radical (unpaired) electrons. The van der Waals surface area contributed by atoms with Gasteiger partial charge in [0, 0.05) is 23.2 Å². The third-order valence-electron chi connectivity index (χ3n) is 4.48. The number of nitrogens with zero attached hydrogens (tertiary/aromatic N) is 2. The van der Waals surface area contributed by atoms with Crippen LogP contribution in [-0.4, -0.2) is 24.6 Å². The van der Waals surface area contributed by atoms with Crippen LogP contribution >= 0.6 is 11.6 Å². The lowest BCUT2D eigenvalue weighted by atomic mass is 10.1. The first-order valence-electron chi connectivity index (χ1n) is 7.76. The number of fused-ring (bicyclic) bond motifs is 3. The van der Waals surface area contributed by atoms with Crippen LogP contribution in [0.15, 0.2) is 65.5 Å². The summed E-state index contributed by atoms with van der Waals surface area (Å²) < 4.78 is 0.248. The molecule has 120 valence electrons. The zero-order chi connectivity index (χ0) is 16.7. The lowest BCUT2D eigenvalue weighted by Gasteiger charge is -2.35. The maximum absolute atomic E-state index is 8.89. The summed E-state index contributed by atoms with van der Waals surface area (Å²) in [6.45, 7) is 1.04. The molecule has 4 rings (SSSR count). The maximum Gasteiger partial charge on any atom is 0.259 e. The number of benzene rings is 2. The van der Waals surface area contributed by atoms with Gasteiger partial charge in [0.2, 0.25) is 0 Å². The van der Waals surface area contributed by atoms with Crippen LogP contribution in [0, 0.1) is 5.41 Å². The van der Waals surface area contributed by atoms with Crippen LogP contribution in [0.2, 0.25) is 5.02 Å². The van der Waals surface area contributed by atoms with Crippen molar-refractivity contribution < 1.29 is 0 Å². The second-order valence-electron chi connectivity index (χ2n) is 5.80. The van der Waals surface area contributed by atoms with Crippen molar-refractivity contribution in [2.75, 3.05) is 18.4 Å². The van der Waals surface area contributed by atoms with E-state index in [1.165, 1.54) is 0 Å². The third kappa shape index (κ3) is 2.03. The lowest BCUT2D eigenvalue weighted by Crippen LogP contribution is -2.55. The van der Waals surface area contributed by atoms with Crippen molar-refractivity contribution >= 4 is 34.5 Å². The summed E-state index contributed by atoms with van der Waals surface area (Å²) >= 11 is 5.99. The number of anilines is 1. The highest BCUT2D eigenvalue weighted by atomic mass is 35.5. The van der Waals surface area contributed by atoms with Crippen LogP contribution in [-0.2, 0) is 0 Å². The number of nitrogens with two attached hydrogens (primary N) is 1. The van der Waals surface area contributed by atoms with Gasteiger partial charge in [-0.15, -0.1) is 0 Å². The van der Waals surface area contributed by atoms with Crippen molar-refractivity contribution in [3.63, 3.8) is 0 Å². The molecule has 6 heteroatoms. The average molecular weight is 339 g/mol. The second kappa shape index (κ2) is 5.56. The molecule has 2 heterocycles. The first kappa shape index (κ1) is 15.1. The first-order chi connectivity index (χ1) is 11.7. The Morgan fingerprint density at radius 2 is 1.88 bits per heavy atom. The van der Waals surface area contributed by atoms with Gasteiger partial charge in [0.25, 0.3) is 11.7 Å². The molecule has 0 fully saturated rings. The number of aliphatic imine (C=N–C) groups is 1. The number of halogens is 1. The predicted octanol–water partition coefficient (Wildman–Crippen LogP) is 3.31. The number of para-hydroxylation sites is 2. The molecule has 0 amide bonds. The van der Waals surface area contributed by atoms with E-state index in [1.54, 1.807) is 0 Å². The van der Waals surface area contributed by atoms with E-state index in [-0.39, 0.29) is 4.48 Å². The van der Waals surface area contributed by atoms with E-state index in [9.17, 15) is 0 Å². The van der Waals surface area contributed by atoms with Gasteiger partial charge in [-0.25, -0.2) is 5.41 Å². The van der Waals surface area contributed by atoms with E-state index in [0.717, 1.165) is 22.8 Å². The highest BCUT2D eigenvalue weighted by Crippen LogP contribution is 2.43. The molecule has 0 bridgehead atoms. The molecule has 2 aliphatic heterocycles. The Labute approximate surface area is 145 Å². The highest BCUT2D eigenvalue weighted by Gasteiger charge is 2.51. The number of rotatable bonds is 3. The number of quaternary nitrogens is 1. The number of hydrogen-bond acceptors (Lipinski definition) is 4. The minimum absolute atomic E-state index is 0.248. The van der Waals surface area contributed by atoms with Gasteiger partial charge >= 0.3 is 0 Å². The van der Waals surface area contributed by atoms with Crippen LogP contribution in [0.5, 0.6) is 0 Å². The molecule has 1 atom stereocenters. The van der Waals surface area contributed by atoms with Crippen molar-refractivity contribution in [1.82, 2.24) is 4.48 Å². The van der Waals surface area contributed by atoms with Crippen molar-refractivity contribution in [3.8, 4) is 0 Å². The molecule has 0 spiro atoms. The third-order valence-corrected chi connectivity index (χ3v) is 4.73. The monoisotopic (exact) mass is 338 g/mol. The fraction of sp³-hybridized carbons (Fsp3) is 0.111. The summed E-state index contributed by atoms with van der Waals surface area (Å²) in [6.07, 6.45) is 1.87. The van der Waals surface area contributed by atoms with Gasteiger partial charge in [-0.1, -0.05) is 35.9 Å². The lowest BCUT2D eigenvalue weighted by molar-refractivity contribution is 0.509. The van der Waals surface area contributed by atoms with Gasteiger partial charge in [0.1, 0.15) is 12.2 Å². The van der Waals surface area contributed by atoms with E-state index < -0.39 is 0 Å². The largest absolute Gasteiger partial charge is 0.350 e. The fourth-order valence-corrected chi connectivity index (χ4v) is 3.48. The Kier molecular flexibility index (Phi) is 3.49. The van der Waals surface area contributed by atoms with E-state index in [1.807, 2.05) is 54.7 Å². The molecule has 0 saturated carbocycles. The van der Waals surface area contributed by atoms with Crippen LogP contribution in [0.3, 0.4) is 0 Å². The molecule has 2 aromatic rings. The molecule has 4 N–H and O–H groups in total. The quantitative estimate of drug-likeness (QED) is 0.751. The van der Waals surface area contributed by atoms with E-state index >= 15 is 0 Å². The molecular formula is C18H17ClN5+. The van der Waals surface area contributed by atoms with Crippen molar-refractivity contribution in [1.29, 1.82) is 5.41 Å². The number of nitrogens with one attached hydrogen (secondary N) is 2. The Balaban J connectivity index is 1.88. The number of amidine groups is 1. The van der Waals surface area contributed by atoms with Gasteiger partial charge in [-0.05, 0) is 18.2 Å². The van der Waals surface area contributed by atoms with Crippen molar-refractivity contribution in [2.24, 2.45) is 10.7 Å². The molecule has 0 aliphatic carbocycles. The van der Waals surface area contributed by atoms with E-state index in [2.05, 4.69) is 5.32 Å². The molecule has 1 unspecified atom stereocenters. The van der Waals surface area contributed by atoms with Crippen molar-refractivity contribution in [2.45, 2.75) is 0 Å². The predicted molar refractivity (Wildman–Crippen MR) is 99.6 cm³/mol. The van der Waals surface area contributed by atoms with Crippen LogP contribution in [0.25, 0.3) is 0 Å². The van der Waals surface area contributed by atoms with Gasteiger partial charge < -0.3 is 11.1 Å². The summed E-state index contributed by atoms with van der Waals surface area (Å²) in [5.41, 5.74) is 9.42. The topological polar surface area (TPSA) is 74.3 Å². The van der Waals surface area contributed by atoms with Gasteiger partial charge in [0.05, 0.1) is 6.20 Å². The maximum atomic E-state index is 8.89. The Bertz CT molecular complexity index is 885. The second-order valence-corrected chi connectivity index (χ2v) is 6.24. The SMILES string of the molecule is N=C1C(c2ccc(Cl)cc2)=NC2=CNc3ccccc3[N+]12CCN. The molecule has 0 aromatic heterocycles.